The zero-order chi connectivity index (χ0) is 21.9. The van der Waals surface area contributed by atoms with Crippen molar-refractivity contribution >= 4 is 23.5 Å². The van der Waals surface area contributed by atoms with Crippen molar-refractivity contribution in [2.75, 3.05) is 13.1 Å². The smallest absolute Gasteiger partial charge is 0.343 e. The number of nitrogens with two attached hydrogens (primary N) is 2. The fourth-order valence-electron chi connectivity index (χ4n) is 2.85. The van der Waals surface area contributed by atoms with Crippen LogP contribution in [0.2, 0.25) is 0 Å². The first-order chi connectivity index (χ1) is 14.4. The van der Waals surface area contributed by atoms with E-state index in [0.29, 0.717) is 22.6 Å². The maximum Gasteiger partial charge on any atom is 0.343 e. The number of rotatable bonds is 10. The number of carbonyl (C=O) groups is 2. The van der Waals surface area contributed by atoms with Crippen LogP contribution in [-0.4, -0.2) is 35.8 Å². The molecule has 0 heterocycles. The van der Waals surface area contributed by atoms with Gasteiger partial charge in [0, 0.05) is 18.7 Å². The zero-order valence-electron chi connectivity index (χ0n) is 17.6. The topological polar surface area (TPSA) is 111 Å². The maximum atomic E-state index is 12.8. The minimum Gasteiger partial charge on any atom is -0.423 e. The molecule has 0 aliphatic carbocycles. The molecule has 0 aliphatic rings. The van der Waals surface area contributed by atoms with Crippen molar-refractivity contribution in [2.45, 2.75) is 39.5 Å². The van der Waals surface area contributed by atoms with Crippen molar-refractivity contribution in [2.24, 2.45) is 16.5 Å². The van der Waals surface area contributed by atoms with E-state index in [2.05, 4.69) is 18.8 Å². The molecule has 0 radical (unpaired) electrons. The van der Waals surface area contributed by atoms with Gasteiger partial charge in [0.1, 0.15) is 5.75 Å². The van der Waals surface area contributed by atoms with Gasteiger partial charge in [-0.2, -0.15) is 0 Å². The van der Waals surface area contributed by atoms with Gasteiger partial charge in [0.15, 0.2) is 5.96 Å². The molecule has 7 nitrogen and oxygen atoms in total. The van der Waals surface area contributed by atoms with Crippen molar-refractivity contribution < 1.29 is 14.3 Å². The molecule has 0 aromatic heterocycles. The Morgan fingerprint density at radius 2 is 1.40 bits per heavy atom. The average molecular weight is 411 g/mol. The van der Waals surface area contributed by atoms with Crippen molar-refractivity contribution in [3.05, 3.63) is 59.7 Å². The molecule has 0 spiro atoms. The highest BCUT2D eigenvalue weighted by molar-refractivity contribution is 5.95. The second kappa shape index (κ2) is 11.6. The van der Waals surface area contributed by atoms with Gasteiger partial charge in [-0.25, -0.2) is 9.79 Å². The summed E-state index contributed by atoms with van der Waals surface area (Å²) in [6.07, 6.45) is 4.04. The summed E-state index contributed by atoms with van der Waals surface area (Å²) in [7, 11) is 0. The highest BCUT2D eigenvalue weighted by atomic mass is 16.5. The number of esters is 1. The van der Waals surface area contributed by atoms with Gasteiger partial charge in [0.05, 0.1) is 11.3 Å². The lowest BCUT2D eigenvalue weighted by atomic mass is 10.1. The van der Waals surface area contributed by atoms with Gasteiger partial charge in [0.25, 0.3) is 5.91 Å². The van der Waals surface area contributed by atoms with Crippen molar-refractivity contribution in [3.63, 3.8) is 0 Å². The predicted molar refractivity (Wildman–Crippen MR) is 119 cm³/mol. The quantitative estimate of drug-likeness (QED) is 0.267. The third-order valence-electron chi connectivity index (χ3n) is 4.52. The van der Waals surface area contributed by atoms with Crippen LogP contribution in [-0.2, 0) is 0 Å². The number of benzene rings is 2. The number of unbranched alkanes of at least 4 members (excludes halogenated alkanes) is 2. The fourth-order valence-corrected chi connectivity index (χ4v) is 2.85. The normalized spacial score (nSPS) is 10.3. The number of carbonyl (C=O) groups excluding carboxylic acids is 2. The molecule has 0 aliphatic heterocycles. The molecule has 2 aromatic rings. The number of guanidine groups is 1. The second-order valence-corrected chi connectivity index (χ2v) is 7.00. The number of aliphatic imine (C=N–C) groups is 1. The van der Waals surface area contributed by atoms with Crippen LogP contribution >= 0.6 is 0 Å². The van der Waals surface area contributed by atoms with Gasteiger partial charge in [0.2, 0.25) is 0 Å². The Balaban J connectivity index is 2.02. The standard InChI is InChI=1S/C23H30N4O3/c1-3-5-15-27(16-6-4-2)21(28)17-9-13-20(14-10-17)30-22(29)18-7-11-19(12-8-18)26-23(24)25/h7-14H,3-6,15-16H2,1-2H3,(H4,24,25,26). The lowest BCUT2D eigenvalue weighted by Gasteiger charge is -2.22. The molecule has 1 amide bonds. The van der Waals surface area contributed by atoms with E-state index in [1.165, 1.54) is 0 Å². The molecule has 0 saturated heterocycles. The Hall–Kier alpha value is -3.35. The predicted octanol–water partition coefficient (Wildman–Crippen LogP) is 3.85. The van der Waals surface area contributed by atoms with Crippen molar-refractivity contribution in [3.8, 4) is 5.75 Å². The Morgan fingerprint density at radius 3 is 1.90 bits per heavy atom. The first kappa shape index (κ1) is 22.9. The molecular formula is C23H30N4O3. The first-order valence-corrected chi connectivity index (χ1v) is 10.3. The molecule has 0 bridgehead atoms. The largest absolute Gasteiger partial charge is 0.423 e. The van der Waals surface area contributed by atoms with E-state index in [4.69, 9.17) is 16.2 Å². The van der Waals surface area contributed by atoms with E-state index < -0.39 is 5.97 Å². The van der Waals surface area contributed by atoms with E-state index in [0.717, 1.165) is 38.8 Å². The highest BCUT2D eigenvalue weighted by Gasteiger charge is 2.15. The van der Waals surface area contributed by atoms with Crippen LogP contribution in [0.15, 0.2) is 53.5 Å². The van der Waals surface area contributed by atoms with Crippen LogP contribution in [0.5, 0.6) is 5.75 Å². The molecular weight excluding hydrogens is 380 g/mol. The Bertz CT molecular complexity index is 849. The molecule has 0 saturated carbocycles. The van der Waals surface area contributed by atoms with E-state index in [1.54, 1.807) is 48.5 Å². The molecule has 2 rings (SSSR count). The summed E-state index contributed by atoms with van der Waals surface area (Å²) in [5.41, 5.74) is 12.2. The molecule has 160 valence electrons. The highest BCUT2D eigenvalue weighted by Crippen LogP contribution is 2.18. The SMILES string of the molecule is CCCCN(CCCC)C(=O)c1ccc(OC(=O)c2ccc(N=C(N)N)cc2)cc1. The van der Waals surface area contributed by atoms with Gasteiger partial charge < -0.3 is 21.1 Å². The molecule has 0 fully saturated rings. The molecule has 30 heavy (non-hydrogen) atoms. The van der Waals surface area contributed by atoms with E-state index in [1.807, 2.05) is 4.90 Å². The zero-order valence-corrected chi connectivity index (χ0v) is 17.6. The van der Waals surface area contributed by atoms with Crippen LogP contribution < -0.4 is 16.2 Å². The minimum atomic E-state index is -0.502. The average Bonchev–Trinajstić information content (AvgIpc) is 2.74. The summed E-state index contributed by atoms with van der Waals surface area (Å²) in [5, 5.41) is 0. The number of hydrogen-bond donors (Lipinski definition) is 2. The molecule has 2 aromatic carbocycles. The Labute approximate surface area is 177 Å². The van der Waals surface area contributed by atoms with Crippen LogP contribution in [0, 0.1) is 0 Å². The summed E-state index contributed by atoms with van der Waals surface area (Å²) in [5.74, 6) is -0.177. The van der Waals surface area contributed by atoms with E-state index in [-0.39, 0.29) is 11.9 Å². The van der Waals surface area contributed by atoms with Crippen LogP contribution in [0.4, 0.5) is 5.69 Å². The summed E-state index contributed by atoms with van der Waals surface area (Å²) in [4.78, 5) is 30.9. The molecule has 4 N–H and O–H groups in total. The van der Waals surface area contributed by atoms with Crippen LogP contribution in [0.25, 0.3) is 0 Å². The third-order valence-corrected chi connectivity index (χ3v) is 4.52. The summed E-state index contributed by atoms with van der Waals surface area (Å²) in [6.45, 7) is 5.73. The third kappa shape index (κ3) is 6.92. The number of hydrogen-bond acceptors (Lipinski definition) is 4. The lowest BCUT2D eigenvalue weighted by Crippen LogP contribution is -2.32. The lowest BCUT2D eigenvalue weighted by molar-refractivity contribution is 0.0734. The number of ether oxygens (including phenoxy) is 1. The van der Waals surface area contributed by atoms with Gasteiger partial charge in [-0.1, -0.05) is 26.7 Å². The van der Waals surface area contributed by atoms with Gasteiger partial charge >= 0.3 is 5.97 Å². The maximum absolute atomic E-state index is 12.8. The molecule has 7 heteroatoms. The van der Waals surface area contributed by atoms with Gasteiger partial charge in [-0.3, -0.25) is 4.79 Å². The van der Waals surface area contributed by atoms with Crippen molar-refractivity contribution in [1.29, 1.82) is 0 Å². The van der Waals surface area contributed by atoms with Crippen molar-refractivity contribution in [1.82, 2.24) is 4.90 Å². The summed E-state index contributed by atoms with van der Waals surface area (Å²) < 4.78 is 5.40. The Morgan fingerprint density at radius 1 is 0.867 bits per heavy atom. The number of amides is 1. The molecule has 0 atom stereocenters. The fraction of sp³-hybridized carbons (Fsp3) is 0.348. The van der Waals surface area contributed by atoms with E-state index in [9.17, 15) is 9.59 Å². The van der Waals surface area contributed by atoms with E-state index >= 15 is 0 Å². The second-order valence-electron chi connectivity index (χ2n) is 7.00. The monoisotopic (exact) mass is 410 g/mol. The Kier molecular flexibility index (Phi) is 8.87. The first-order valence-electron chi connectivity index (χ1n) is 10.3. The van der Waals surface area contributed by atoms with Crippen LogP contribution in [0.1, 0.15) is 60.2 Å². The summed E-state index contributed by atoms with van der Waals surface area (Å²) >= 11 is 0. The van der Waals surface area contributed by atoms with Gasteiger partial charge in [-0.15, -0.1) is 0 Å². The molecule has 0 unspecified atom stereocenters. The minimum absolute atomic E-state index is 0.00472. The summed E-state index contributed by atoms with van der Waals surface area (Å²) in [6, 6.07) is 13.1. The number of nitrogens with zero attached hydrogens (tertiary/aromatic N) is 2. The van der Waals surface area contributed by atoms with Gasteiger partial charge in [-0.05, 0) is 61.4 Å². The van der Waals surface area contributed by atoms with Crippen LogP contribution in [0.3, 0.4) is 0 Å².